The Bertz CT molecular complexity index is 1090. The summed E-state index contributed by atoms with van der Waals surface area (Å²) in [4.78, 5) is 24.2. The standard InChI is InChI=1S/C31H47N3O4/c1-21-25(27(28(35)36)38-30(5,6)7)26(34-16-14-31(8,9)15-17-34)23(20-32-21)24-12-11-22(19-33-24)37-18-10-13-29(2,3)4/h11-12,19-20,27H,10,13-18H2,1-9H3,(H,35,36). The number of carboxylic acid groups (broad SMARTS) is 1. The second-order valence-electron chi connectivity index (χ2n) is 13.5. The molecule has 3 heterocycles. The molecule has 3 rings (SSSR count). The Balaban J connectivity index is 2.01. The Morgan fingerprint density at radius 3 is 2.26 bits per heavy atom. The van der Waals surface area contributed by atoms with E-state index in [0.717, 1.165) is 61.5 Å². The Hall–Kier alpha value is -2.67. The van der Waals surface area contributed by atoms with E-state index in [0.29, 0.717) is 17.9 Å². The van der Waals surface area contributed by atoms with E-state index in [4.69, 9.17) is 14.5 Å². The molecule has 1 N–H and O–H groups in total. The van der Waals surface area contributed by atoms with Crippen molar-refractivity contribution in [3.8, 4) is 17.0 Å². The molecule has 1 aliphatic rings. The highest BCUT2D eigenvalue weighted by molar-refractivity contribution is 5.85. The molecule has 7 nitrogen and oxygen atoms in total. The molecule has 0 aromatic carbocycles. The van der Waals surface area contributed by atoms with Gasteiger partial charge in [-0.25, -0.2) is 4.79 Å². The summed E-state index contributed by atoms with van der Waals surface area (Å²) in [6.45, 7) is 21.1. The van der Waals surface area contributed by atoms with Crippen LogP contribution in [0.2, 0.25) is 0 Å². The highest BCUT2D eigenvalue weighted by atomic mass is 16.5. The zero-order chi connectivity index (χ0) is 28.3. The van der Waals surface area contributed by atoms with Gasteiger partial charge in [-0.2, -0.15) is 0 Å². The van der Waals surface area contributed by atoms with Crippen molar-refractivity contribution in [1.29, 1.82) is 0 Å². The predicted octanol–water partition coefficient (Wildman–Crippen LogP) is 7.22. The monoisotopic (exact) mass is 525 g/mol. The fourth-order valence-electron chi connectivity index (χ4n) is 4.79. The van der Waals surface area contributed by atoms with Gasteiger partial charge in [-0.05, 0) is 76.3 Å². The van der Waals surface area contributed by atoms with E-state index in [1.54, 1.807) is 6.20 Å². The van der Waals surface area contributed by atoms with Crippen LogP contribution in [0.5, 0.6) is 5.75 Å². The number of hydrogen-bond donors (Lipinski definition) is 1. The summed E-state index contributed by atoms with van der Waals surface area (Å²) in [6, 6.07) is 3.87. The maximum atomic E-state index is 12.5. The fraction of sp³-hybridized carbons (Fsp3) is 0.645. The van der Waals surface area contributed by atoms with Gasteiger partial charge in [0.1, 0.15) is 5.75 Å². The van der Waals surface area contributed by atoms with E-state index < -0.39 is 17.7 Å². The first-order valence-electron chi connectivity index (χ1n) is 13.8. The van der Waals surface area contributed by atoms with Crippen molar-refractivity contribution in [2.45, 2.75) is 99.7 Å². The van der Waals surface area contributed by atoms with Crippen LogP contribution >= 0.6 is 0 Å². The van der Waals surface area contributed by atoms with Crippen LogP contribution in [0.25, 0.3) is 11.3 Å². The molecule has 1 aliphatic heterocycles. The molecule has 38 heavy (non-hydrogen) atoms. The van der Waals surface area contributed by atoms with Gasteiger partial charge in [0, 0.05) is 36.1 Å². The average Bonchev–Trinajstić information content (AvgIpc) is 2.80. The summed E-state index contributed by atoms with van der Waals surface area (Å²) in [7, 11) is 0. The normalized spacial score (nSPS) is 16.8. The van der Waals surface area contributed by atoms with Gasteiger partial charge >= 0.3 is 5.97 Å². The van der Waals surface area contributed by atoms with Crippen LogP contribution in [0.3, 0.4) is 0 Å². The SMILES string of the molecule is Cc1ncc(-c2ccc(OCCCC(C)(C)C)cn2)c(N2CCC(C)(C)CC2)c1C(OC(C)(C)C)C(=O)O. The molecule has 1 saturated heterocycles. The van der Waals surface area contributed by atoms with Gasteiger partial charge in [0.2, 0.25) is 0 Å². The maximum Gasteiger partial charge on any atom is 0.337 e. The number of pyridine rings is 2. The molecule has 1 unspecified atom stereocenters. The zero-order valence-electron chi connectivity index (χ0n) is 24.9. The Morgan fingerprint density at radius 2 is 1.74 bits per heavy atom. The first-order valence-corrected chi connectivity index (χ1v) is 13.8. The molecule has 0 aliphatic carbocycles. The van der Waals surface area contributed by atoms with Crippen molar-refractivity contribution in [3.63, 3.8) is 0 Å². The lowest BCUT2D eigenvalue weighted by Gasteiger charge is -2.40. The number of rotatable bonds is 9. The zero-order valence-corrected chi connectivity index (χ0v) is 24.9. The molecular weight excluding hydrogens is 478 g/mol. The summed E-state index contributed by atoms with van der Waals surface area (Å²) < 4.78 is 12.1. The maximum absolute atomic E-state index is 12.5. The number of piperidine rings is 1. The minimum absolute atomic E-state index is 0.247. The largest absolute Gasteiger partial charge is 0.492 e. The van der Waals surface area contributed by atoms with Crippen LogP contribution in [0.1, 0.15) is 98.4 Å². The summed E-state index contributed by atoms with van der Waals surface area (Å²) in [6.07, 6.45) is 6.52. The molecule has 0 spiro atoms. The smallest absolute Gasteiger partial charge is 0.337 e. The third-order valence-corrected chi connectivity index (χ3v) is 7.03. The molecule has 0 amide bonds. The van der Waals surface area contributed by atoms with Crippen molar-refractivity contribution < 1.29 is 19.4 Å². The molecule has 1 atom stereocenters. The third kappa shape index (κ3) is 8.16. The number of aryl methyl sites for hydroxylation is 1. The summed E-state index contributed by atoms with van der Waals surface area (Å²) in [5.41, 5.74) is 3.56. The molecule has 210 valence electrons. The van der Waals surface area contributed by atoms with E-state index in [-0.39, 0.29) is 10.8 Å². The van der Waals surface area contributed by atoms with Gasteiger partial charge in [-0.1, -0.05) is 34.6 Å². The lowest BCUT2D eigenvalue weighted by Crippen LogP contribution is -2.39. The Labute approximate surface area is 229 Å². The second-order valence-corrected chi connectivity index (χ2v) is 13.5. The Morgan fingerprint density at radius 1 is 1.08 bits per heavy atom. The highest BCUT2D eigenvalue weighted by Gasteiger charge is 2.36. The summed E-state index contributed by atoms with van der Waals surface area (Å²) in [5, 5.41) is 10.3. The first kappa shape index (κ1) is 29.9. The van der Waals surface area contributed by atoms with Crippen LogP contribution in [0.15, 0.2) is 24.5 Å². The Kier molecular flexibility index (Phi) is 9.12. The average molecular weight is 526 g/mol. The minimum atomic E-state index is -1.14. The van der Waals surface area contributed by atoms with E-state index in [9.17, 15) is 9.90 Å². The van der Waals surface area contributed by atoms with Crippen LogP contribution in [-0.2, 0) is 9.53 Å². The topological polar surface area (TPSA) is 84.8 Å². The van der Waals surface area contributed by atoms with Gasteiger partial charge in [0.15, 0.2) is 6.10 Å². The third-order valence-electron chi connectivity index (χ3n) is 7.03. The molecule has 0 radical (unpaired) electrons. The molecule has 7 heteroatoms. The van der Waals surface area contributed by atoms with Gasteiger partial charge in [-0.15, -0.1) is 0 Å². The van der Waals surface area contributed by atoms with Crippen LogP contribution in [0, 0.1) is 17.8 Å². The number of hydrogen-bond acceptors (Lipinski definition) is 6. The van der Waals surface area contributed by atoms with Crippen LogP contribution < -0.4 is 9.64 Å². The van der Waals surface area contributed by atoms with Gasteiger partial charge in [0.05, 0.1) is 29.8 Å². The first-order chi connectivity index (χ1) is 17.6. The van der Waals surface area contributed by atoms with Gasteiger partial charge in [-0.3, -0.25) is 9.97 Å². The van der Waals surface area contributed by atoms with Crippen molar-refractivity contribution in [2.75, 3.05) is 24.6 Å². The number of carboxylic acids is 1. The van der Waals surface area contributed by atoms with Crippen LogP contribution in [-0.4, -0.2) is 46.3 Å². The molecule has 2 aromatic heterocycles. The molecular formula is C31H47N3O4. The molecule has 0 saturated carbocycles. The van der Waals surface area contributed by atoms with Crippen LogP contribution in [0.4, 0.5) is 5.69 Å². The number of nitrogens with zero attached hydrogens (tertiary/aromatic N) is 3. The second kappa shape index (κ2) is 11.6. The lowest BCUT2D eigenvalue weighted by molar-refractivity contribution is -0.160. The molecule has 2 aromatic rings. The lowest BCUT2D eigenvalue weighted by atomic mass is 9.82. The molecule has 0 bridgehead atoms. The summed E-state index contributed by atoms with van der Waals surface area (Å²) in [5.74, 6) is -0.295. The number of aromatic nitrogens is 2. The quantitative estimate of drug-likeness (QED) is 0.346. The van der Waals surface area contributed by atoms with Crippen molar-refractivity contribution >= 4 is 11.7 Å². The highest BCUT2D eigenvalue weighted by Crippen LogP contribution is 2.43. The van der Waals surface area contributed by atoms with Crippen molar-refractivity contribution in [2.24, 2.45) is 10.8 Å². The van der Waals surface area contributed by atoms with Gasteiger partial charge in [0.25, 0.3) is 0 Å². The summed E-state index contributed by atoms with van der Waals surface area (Å²) >= 11 is 0. The minimum Gasteiger partial charge on any atom is -0.492 e. The number of carbonyl (C=O) groups is 1. The van der Waals surface area contributed by atoms with Crippen molar-refractivity contribution in [1.82, 2.24) is 9.97 Å². The van der Waals surface area contributed by atoms with E-state index in [1.807, 2.05) is 46.0 Å². The molecule has 1 fully saturated rings. The van der Waals surface area contributed by atoms with Crippen molar-refractivity contribution in [3.05, 3.63) is 35.8 Å². The van der Waals surface area contributed by atoms with E-state index in [1.165, 1.54) is 0 Å². The number of anilines is 1. The number of aliphatic carboxylic acids is 1. The van der Waals surface area contributed by atoms with Gasteiger partial charge < -0.3 is 19.5 Å². The fourth-order valence-corrected chi connectivity index (χ4v) is 4.79. The van der Waals surface area contributed by atoms with E-state index >= 15 is 0 Å². The van der Waals surface area contributed by atoms with E-state index in [2.05, 4.69) is 44.5 Å². The number of ether oxygens (including phenoxy) is 2. The predicted molar refractivity (Wildman–Crippen MR) is 153 cm³/mol.